The molecule has 1 unspecified atom stereocenters. The Hall–Kier alpha value is -1.49. The van der Waals surface area contributed by atoms with E-state index < -0.39 is 5.97 Å². The lowest BCUT2D eigenvalue weighted by Gasteiger charge is -2.13. The second-order valence-electron chi connectivity index (χ2n) is 4.03. The zero-order valence-corrected chi connectivity index (χ0v) is 9.30. The molecule has 0 saturated heterocycles. The van der Waals surface area contributed by atoms with Crippen LogP contribution in [0.2, 0.25) is 0 Å². The molecule has 0 aliphatic heterocycles. The van der Waals surface area contributed by atoms with Gasteiger partial charge >= 0.3 is 5.97 Å². The summed E-state index contributed by atoms with van der Waals surface area (Å²) in [6, 6.07) is 0. The number of methoxy groups -OCH3 is 1. The first-order chi connectivity index (χ1) is 7.63. The first-order valence-corrected chi connectivity index (χ1v) is 5.23. The number of carboxylic acids is 1. The lowest BCUT2D eigenvalue weighted by Crippen LogP contribution is -2.12. The number of aromatic nitrogens is 2. The monoisotopic (exact) mass is 222 g/mol. The van der Waals surface area contributed by atoms with Gasteiger partial charge in [-0.05, 0) is 25.7 Å². The largest absolute Gasteiger partial charge is 0.478 e. The van der Waals surface area contributed by atoms with E-state index in [2.05, 4.69) is 9.97 Å². The van der Waals surface area contributed by atoms with Gasteiger partial charge in [-0.15, -0.1) is 0 Å². The standard InChI is InChI=1S/C11H14N2O3/c1-6-8(11(14)15)5-12-10(13-6)9(16-2)7-3-4-7/h5,7,9H,3-4H2,1-2H3,(H,14,15). The maximum absolute atomic E-state index is 10.8. The fourth-order valence-corrected chi connectivity index (χ4v) is 1.74. The molecule has 1 aromatic rings. The first-order valence-electron chi connectivity index (χ1n) is 5.23. The zero-order valence-electron chi connectivity index (χ0n) is 9.30. The molecule has 5 nitrogen and oxygen atoms in total. The van der Waals surface area contributed by atoms with Gasteiger partial charge in [0.15, 0.2) is 5.82 Å². The van der Waals surface area contributed by atoms with E-state index in [1.807, 2.05) is 0 Å². The minimum Gasteiger partial charge on any atom is -0.478 e. The van der Waals surface area contributed by atoms with Crippen LogP contribution in [-0.4, -0.2) is 28.2 Å². The van der Waals surface area contributed by atoms with E-state index in [1.54, 1.807) is 14.0 Å². The highest BCUT2D eigenvalue weighted by molar-refractivity contribution is 5.88. The van der Waals surface area contributed by atoms with Crippen molar-refractivity contribution in [3.8, 4) is 0 Å². The predicted molar refractivity (Wildman–Crippen MR) is 56.2 cm³/mol. The SMILES string of the molecule is COC(c1ncc(C(=O)O)c(C)n1)C1CC1. The normalized spacial score (nSPS) is 17.1. The van der Waals surface area contributed by atoms with Crippen LogP contribution in [0.25, 0.3) is 0 Å². The number of rotatable bonds is 4. The van der Waals surface area contributed by atoms with Gasteiger partial charge in [0.05, 0.1) is 11.3 Å². The van der Waals surface area contributed by atoms with Crippen molar-refractivity contribution < 1.29 is 14.6 Å². The maximum atomic E-state index is 10.8. The fourth-order valence-electron chi connectivity index (χ4n) is 1.74. The summed E-state index contributed by atoms with van der Waals surface area (Å²) in [5.41, 5.74) is 0.634. The third-order valence-corrected chi connectivity index (χ3v) is 2.79. The molecular formula is C11H14N2O3. The minimum atomic E-state index is -0.996. The second kappa shape index (κ2) is 4.17. The van der Waals surface area contributed by atoms with E-state index in [-0.39, 0.29) is 11.7 Å². The van der Waals surface area contributed by atoms with Crippen molar-refractivity contribution in [1.82, 2.24) is 9.97 Å². The molecule has 1 aliphatic rings. The Labute approximate surface area is 93.5 Å². The lowest BCUT2D eigenvalue weighted by molar-refractivity contribution is 0.0688. The molecule has 1 aliphatic carbocycles. The van der Waals surface area contributed by atoms with E-state index in [1.165, 1.54) is 6.20 Å². The molecule has 86 valence electrons. The summed E-state index contributed by atoms with van der Waals surface area (Å²) < 4.78 is 5.34. The van der Waals surface area contributed by atoms with Crippen LogP contribution in [-0.2, 0) is 4.74 Å². The van der Waals surface area contributed by atoms with Gasteiger partial charge in [-0.1, -0.05) is 0 Å². The molecule has 1 N–H and O–H groups in total. The quantitative estimate of drug-likeness (QED) is 0.837. The third-order valence-electron chi connectivity index (χ3n) is 2.79. The molecule has 1 fully saturated rings. The molecule has 0 aromatic carbocycles. The van der Waals surface area contributed by atoms with Crippen LogP contribution in [0.5, 0.6) is 0 Å². The van der Waals surface area contributed by atoms with Crippen molar-refractivity contribution in [3.63, 3.8) is 0 Å². The Morgan fingerprint density at radius 2 is 2.31 bits per heavy atom. The van der Waals surface area contributed by atoms with Gasteiger partial charge in [0.1, 0.15) is 6.10 Å². The summed E-state index contributed by atoms with van der Waals surface area (Å²) in [6.45, 7) is 1.67. The molecule has 1 saturated carbocycles. The Morgan fingerprint density at radius 1 is 1.62 bits per heavy atom. The number of aryl methyl sites for hydroxylation is 1. The predicted octanol–water partition coefficient (Wildman–Crippen LogP) is 1.58. The molecule has 0 radical (unpaired) electrons. The topological polar surface area (TPSA) is 72.3 Å². The number of ether oxygens (including phenoxy) is 1. The second-order valence-corrected chi connectivity index (χ2v) is 4.03. The number of nitrogens with zero attached hydrogens (tertiary/aromatic N) is 2. The number of carboxylic acid groups (broad SMARTS) is 1. The lowest BCUT2D eigenvalue weighted by atomic mass is 10.2. The molecule has 0 spiro atoms. The summed E-state index contributed by atoms with van der Waals surface area (Å²) >= 11 is 0. The molecule has 1 aromatic heterocycles. The number of aromatic carboxylic acids is 1. The highest BCUT2D eigenvalue weighted by Crippen LogP contribution is 2.41. The molecule has 1 atom stereocenters. The molecule has 16 heavy (non-hydrogen) atoms. The van der Waals surface area contributed by atoms with Crippen LogP contribution >= 0.6 is 0 Å². The van der Waals surface area contributed by atoms with Crippen LogP contribution in [0.15, 0.2) is 6.20 Å². The van der Waals surface area contributed by atoms with Gasteiger partial charge in [0.25, 0.3) is 0 Å². The van der Waals surface area contributed by atoms with Crippen LogP contribution in [0.3, 0.4) is 0 Å². The molecular weight excluding hydrogens is 208 g/mol. The Balaban J connectivity index is 2.28. The van der Waals surface area contributed by atoms with Gasteiger partial charge in [-0.2, -0.15) is 0 Å². The highest BCUT2D eigenvalue weighted by Gasteiger charge is 2.34. The Morgan fingerprint density at radius 3 is 2.75 bits per heavy atom. The van der Waals surface area contributed by atoms with Crippen molar-refractivity contribution in [2.75, 3.05) is 7.11 Å². The number of hydrogen-bond acceptors (Lipinski definition) is 4. The number of carbonyl (C=O) groups is 1. The van der Waals surface area contributed by atoms with Crippen molar-refractivity contribution in [2.45, 2.75) is 25.9 Å². The molecule has 1 heterocycles. The van der Waals surface area contributed by atoms with Crippen LogP contribution in [0, 0.1) is 12.8 Å². The van der Waals surface area contributed by atoms with Crippen LogP contribution in [0.4, 0.5) is 0 Å². The van der Waals surface area contributed by atoms with E-state index in [9.17, 15) is 4.79 Å². The highest BCUT2D eigenvalue weighted by atomic mass is 16.5. The molecule has 5 heteroatoms. The average Bonchev–Trinajstić information content (AvgIpc) is 3.02. The number of hydrogen-bond donors (Lipinski definition) is 1. The van der Waals surface area contributed by atoms with Gasteiger partial charge in [-0.25, -0.2) is 14.8 Å². The van der Waals surface area contributed by atoms with E-state index in [4.69, 9.17) is 9.84 Å². The van der Waals surface area contributed by atoms with Crippen molar-refractivity contribution in [3.05, 3.63) is 23.3 Å². The fraction of sp³-hybridized carbons (Fsp3) is 0.545. The van der Waals surface area contributed by atoms with Gasteiger partial charge < -0.3 is 9.84 Å². The summed E-state index contributed by atoms with van der Waals surface area (Å²) in [5.74, 6) is 0.0806. The first kappa shape index (κ1) is 11.0. The van der Waals surface area contributed by atoms with E-state index >= 15 is 0 Å². The van der Waals surface area contributed by atoms with Crippen molar-refractivity contribution >= 4 is 5.97 Å². The van der Waals surface area contributed by atoms with Crippen molar-refractivity contribution in [2.24, 2.45) is 5.92 Å². The van der Waals surface area contributed by atoms with E-state index in [0.717, 1.165) is 12.8 Å². The zero-order chi connectivity index (χ0) is 11.7. The molecule has 0 amide bonds. The summed E-state index contributed by atoms with van der Waals surface area (Å²) in [7, 11) is 1.63. The summed E-state index contributed by atoms with van der Waals surface area (Å²) in [5, 5.41) is 8.86. The van der Waals surface area contributed by atoms with Crippen LogP contribution in [0.1, 0.15) is 40.8 Å². The Kier molecular flexibility index (Phi) is 2.87. The minimum absolute atomic E-state index is 0.0958. The van der Waals surface area contributed by atoms with E-state index in [0.29, 0.717) is 17.4 Å². The maximum Gasteiger partial charge on any atom is 0.339 e. The summed E-state index contributed by atoms with van der Waals surface area (Å²) in [6.07, 6.45) is 3.51. The molecule has 2 rings (SSSR count). The van der Waals surface area contributed by atoms with Gasteiger partial charge in [0.2, 0.25) is 0 Å². The van der Waals surface area contributed by atoms with Crippen LogP contribution < -0.4 is 0 Å². The summed E-state index contributed by atoms with van der Waals surface area (Å²) in [4.78, 5) is 19.1. The van der Waals surface area contributed by atoms with Gasteiger partial charge in [-0.3, -0.25) is 0 Å². The Bertz CT molecular complexity index is 416. The molecule has 0 bridgehead atoms. The van der Waals surface area contributed by atoms with Gasteiger partial charge in [0, 0.05) is 13.3 Å². The third kappa shape index (κ3) is 2.04. The average molecular weight is 222 g/mol. The smallest absolute Gasteiger partial charge is 0.339 e. The van der Waals surface area contributed by atoms with Crippen molar-refractivity contribution in [1.29, 1.82) is 0 Å².